The van der Waals surface area contributed by atoms with Crippen molar-refractivity contribution >= 4 is 69.0 Å². The predicted octanol–water partition coefficient (Wildman–Crippen LogP) is 11.4. The Hall–Kier alpha value is -10.5. The van der Waals surface area contributed by atoms with Crippen molar-refractivity contribution in [1.29, 1.82) is 0 Å². The van der Waals surface area contributed by atoms with E-state index in [1.54, 1.807) is 98.6 Å². The Morgan fingerprint density at radius 3 is 1.55 bits per heavy atom. The average Bonchev–Trinajstić information content (AvgIpc) is 1.78. The number of rotatable bonds is 25. The van der Waals surface area contributed by atoms with E-state index < -0.39 is 0 Å². The molecule has 0 unspecified atom stereocenters. The highest BCUT2D eigenvalue weighted by atomic mass is 16.5. The maximum Gasteiger partial charge on any atom is 0.256 e. The second-order valence-corrected chi connectivity index (χ2v) is 26.1. The van der Waals surface area contributed by atoms with E-state index in [1.807, 2.05) is 81.2 Å². The Balaban J connectivity index is 0.000000169. The van der Waals surface area contributed by atoms with Crippen LogP contribution in [0, 0.1) is 0 Å². The quantitative estimate of drug-likeness (QED) is 0.0333. The first-order valence-electron chi connectivity index (χ1n) is 33.7. The molecule has 2 atom stereocenters. The van der Waals surface area contributed by atoms with Gasteiger partial charge in [-0.2, -0.15) is 10.2 Å². The van der Waals surface area contributed by atoms with Crippen molar-refractivity contribution in [3.05, 3.63) is 186 Å². The molecule has 5 N–H and O–H groups in total. The Morgan fingerprint density at radius 2 is 1.04 bits per heavy atom. The van der Waals surface area contributed by atoms with Crippen molar-refractivity contribution in [3.8, 4) is 28.7 Å². The lowest BCUT2D eigenvalue weighted by molar-refractivity contribution is -0.125. The number of carbonyl (C=O) groups is 4. The van der Waals surface area contributed by atoms with Gasteiger partial charge in [0, 0.05) is 124 Å². The number of methoxy groups -OCH3 is 1. The molecule has 6 aliphatic rings. The molecule has 2 aliphatic heterocycles. The third-order valence-electron chi connectivity index (χ3n) is 18.7. The fourth-order valence-electron chi connectivity index (χ4n) is 12.5. The van der Waals surface area contributed by atoms with Gasteiger partial charge in [0.15, 0.2) is 22.9 Å². The van der Waals surface area contributed by atoms with E-state index in [9.17, 15) is 19.2 Å². The Kier molecular flexibility index (Phi) is 19.0. The molecule has 23 nitrogen and oxygen atoms in total. The average molecular weight is 1310 g/mol. The standard InChI is InChI=1S/C41H44N8O4.C33H36N8O3/c1-47(32-11-12-32)22-3-4-37(50)48-23-19-31(26-48)44-39-38-35(18-21-43-40(38)49(46-39)25-27-5-13-33(52-2)14-6-27)53-34-15-9-29(10-16-34)41(51)45-36-24-30(17-20-42-36)28-7-8-28;1-40(25-8-9-25)17-2-3-29(42)41-18-14-24(20-41)36-32-30-27(13-16-35-31(30)38-39-32)44-26-10-6-22(7-11-26)33(43)37-28-19-23(12-15-34-28)21-4-5-21/h3-6,9-10,13-18,20-21,24,28,31-32H,7-8,11-12,19,22-23,25-26H2,1-2H3,(H,44,46)(H,42,45,51);2-3,6-7,10-13,15-16,19,21,24-25H,4-5,8-9,14,17-18,20H2,1H3,(H,34,37,43)(H2,35,36,38,39)/b4-3+;3-2+/t31-;24-/m11/s1. The first-order chi connectivity index (χ1) is 47.4. The molecule has 6 fully saturated rings. The lowest BCUT2D eigenvalue weighted by Crippen LogP contribution is -2.30. The number of nitrogens with one attached hydrogen (secondary N) is 5. The van der Waals surface area contributed by atoms with Gasteiger partial charge in [-0.1, -0.05) is 24.3 Å². The number of nitrogens with zero attached hydrogens (tertiary/aromatic N) is 11. The van der Waals surface area contributed by atoms with E-state index in [0.717, 1.165) is 48.0 Å². The van der Waals surface area contributed by atoms with Crippen LogP contribution in [-0.2, 0) is 16.1 Å². The van der Waals surface area contributed by atoms with Crippen LogP contribution < -0.4 is 35.5 Å². The summed E-state index contributed by atoms with van der Waals surface area (Å²) in [6.07, 6.45) is 25.5. The van der Waals surface area contributed by atoms with Gasteiger partial charge in [-0.15, -0.1) is 0 Å². The molecule has 0 radical (unpaired) electrons. The normalized spacial score (nSPS) is 17.7. The second-order valence-electron chi connectivity index (χ2n) is 26.1. The fraction of sp³-hybridized carbons (Fsp3) is 0.351. The number of benzene rings is 3. The number of likely N-dealkylation sites (N-methyl/N-ethyl adjacent to an activating group) is 2. The number of amides is 4. The van der Waals surface area contributed by atoms with Gasteiger partial charge in [-0.3, -0.25) is 34.1 Å². The summed E-state index contributed by atoms with van der Waals surface area (Å²) in [5.41, 5.74) is 5.72. The second kappa shape index (κ2) is 28.8. The summed E-state index contributed by atoms with van der Waals surface area (Å²) in [5, 5.41) is 26.8. The molecule has 6 aromatic heterocycles. The van der Waals surface area contributed by atoms with Crippen LogP contribution in [0.3, 0.4) is 0 Å². The van der Waals surface area contributed by atoms with Gasteiger partial charge >= 0.3 is 0 Å². The number of likely N-dealkylation sites (tertiary alicyclic amines) is 2. The summed E-state index contributed by atoms with van der Waals surface area (Å²) in [7, 11) is 5.86. The SMILES string of the molecule is CN(C/C=C/C(=O)N1CC[C@@H](Nc2n[nH]c3nccc(Oc4ccc(C(=O)Nc5cc(C6CC6)ccn5)cc4)c23)C1)C1CC1.COc1ccc(Cn2nc(N[C@@H]3CCN(C(=O)/C=C/CN(C)C4CC4)C3)c3c(Oc4ccc(C(=O)Nc5cc(C6CC6)ccn5)cc4)ccnc32)cc1. The minimum atomic E-state index is -0.236. The van der Waals surface area contributed by atoms with Crippen molar-refractivity contribution in [2.45, 2.75) is 107 Å². The summed E-state index contributed by atoms with van der Waals surface area (Å²) >= 11 is 0. The highest BCUT2D eigenvalue weighted by Crippen LogP contribution is 2.42. The number of hydrogen-bond donors (Lipinski definition) is 5. The molecule has 2 saturated heterocycles. The third-order valence-corrected chi connectivity index (χ3v) is 18.7. The van der Waals surface area contributed by atoms with Gasteiger partial charge < -0.3 is 45.3 Å². The van der Waals surface area contributed by atoms with E-state index in [-0.39, 0.29) is 35.7 Å². The molecule has 23 heteroatoms. The van der Waals surface area contributed by atoms with Crippen LogP contribution >= 0.6 is 0 Å². The van der Waals surface area contributed by atoms with Crippen molar-refractivity contribution in [1.82, 2.24) is 59.5 Å². The number of aromatic amines is 1. The van der Waals surface area contributed by atoms with Crippen LogP contribution in [0.25, 0.3) is 22.1 Å². The molecule has 4 amide bonds. The molecule has 0 spiro atoms. The monoisotopic (exact) mass is 1300 g/mol. The topological polar surface area (TPSA) is 255 Å². The number of aromatic nitrogens is 8. The van der Waals surface area contributed by atoms with Crippen LogP contribution in [0.4, 0.5) is 23.3 Å². The van der Waals surface area contributed by atoms with Gasteiger partial charge in [0.2, 0.25) is 11.8 Å². The summed E-state index contributed by atoms with van der Waals surface area (Å²) < 4.78 is 19.9. The van der Waals surface area contributed by atoms with E-state index in [4.69, 9.17) is 24.3 Å². The van der Waals surface area contributed by atoms with Crippen molar-refractivity contribution in [2.24, 2.45) is 0 Å². The summed E-state index contributed by atoms with van der Waals surface area (Å²) in [6.45, 7) is 4.56. The lowest BCUT2D eigenvalue weighted by Gasteiger charge is -2.16. The van der Waals surface area contributed by atoms with E-state index >= 15 is 0 Å². The summed E-state index contributed by atoms with van der Waals surface area (Å²) in [6, 6.07) is 34.8. The molecule has 3 aromatic carbocycles. The molecular weight excluding hydrogens is 1220 g/mol. The minimum Gasteiger partial charge on any atom is -0.497 e. The molecule has 97 heavy (non-hydrogen) atoms. The first-order valence-corrected chi connectivity index (χ1v) is 33.7. The van der Waals surface area contributed by atoms with Crippen LogP contribution in [0.1, 0.15) is 113 Å². The number of fused-ring (bicyclic) bond motifs is 2. The minimum absolute atomic E-state index is 0.000616. The molecular formula is C74H80N16O7. The molecule has 4 saturated carbocycles. The van der Waals surface area contributed by atoms with Gasteiger partial charge in [0.1, 0.15) is 51.2 Å². The van der Waals surface area contributed by atoms with E-state index in [2.05, 4.69) is 70.3 Å². The smallest absolute Gasteiger partial charge is 0.256 e. The highest BCUT2D eigenvalue weighted by molar-refractivity contribution is 6.05. The Labute approximate surface area is 562 Å². The number of hydrogen-bond acceptors (Lipinski definition) is 17. The molecule has 9 aromatic rings. The first kappa shape index (κ1) is 63.9. The lowest BCUT2D eigenvalue weighted by atomic mass is 10.1. The number of carbonyl (C=O) groups excluding carboxylic acids is 4. The number of ether oxygens (including phenoxy) is 3. The number of pyridine rings is 4. The number of anilines is 4. The van der Waals surface area contributed by atoms with Crippen LogP contribution in [0.15, 0.2) is 158 Å². The Bertz CT molecular complexity index is 4370. The molecule has 15 rings (SSSR count). The third kappa shape index (κ3) is 16.1. The van der Waals surface area contributed by atoms with Crippen LogP contribution in [-0.4, -0.2) is 168 Å². The predicted molar refractivity (Wildman–Crippen MR) is 372 cm³/mol. The van der Waals surface area contributed by atoms with E-state index in [1.165, 1.54) is 62.5 Å². The van der Waals surface area contributed by atoms with Crippen molar-refractivity contribution in [2.75, 3.05) is 81.7 Å². The maximum absolute atomic E-state index is 13.1. The Morgan fingerprint density at radius 1 is 0.557 bits per heavy atom. The molecule has 4 aliphatic carbocycles. The molecule has 0 bridgehead atoms. The zero-order valence-electron chi connectivity index (χ0n) is 54.8. The van der Waals surface area contributed by atoms with Crippen LogP contribution in [0.2, 0.25) is 0 Å². The summed E-state index contributed by atoms with van der Waals surface area (Å²) in [4.78, 5) is 77.8. The zero-order chi connectivity index (χ0) is 66.4. The van der Waals surface area contributed by atoms with Gasteiger partial charge in [0.25, 0.3) is 11.8 Å². The van der Waals surface area contributed by atoms with Gasteiger partial charge in [0.05, 0.1) is 13.7 Å². The van der Waals surface area contributed by atoms with Gasteiger partial charge in [-0.05, 0) is 192 Å². The maximum atomic E-state index is 13.1. The fourth-order valence-corrected chi connectivity index (χ4v) is 12.5. The van der Waals surface area contributed by atoms with Crippen molar-refractivity contribution < 1.29 is 33.4 Å². The largest absolute Gasteiger partial charge is 0.497 e. The molecule has 8 heterocycles. The zero-order valence-corrected chi connectivity index (χ0v) is 54.8. The van der Waals surface area contributed by atoms with Gasteiger partial charge in [-0.25, -0.2) is 24.6 Å². The van der Waals surface area contributed by atoms with Crippen molar-refractivity contribution in [3.63, 3.8) is 0 Å². The van der Waals surface area contributed by atoms with E-state index in [0.29, 0.717) is 125 Å². The molecule has 498 valence electrons. The highest BCUT2D eigenvalue weighted by Gasteiger charge is 2.32. The van der Waals surface area contributed by atoms with Crippen LogP contribution in [0.5, 0.6) is 28.7 Å². The number of H-pyrrole nitrogens is 1. The summed E-state index contributed by atoms with van der Waals surface area (Å²) in [5.74, 6) is 6.20.